The normalized spacial score (nSPS) is 22.3. The molecule has 0 aromatic carbocycles. The number of hydrogen-bond acceptors (Lipinski definition) is 15. The smallest absolute Gasteiger partial charge is 0.417 e. The molecule has 0 radical (unpaired) electrons. The second-order valence-corrected chi connectivity index (χ2v) is 16.5. The molecule has 0 aromatic heterocycles. The molecule has 3 fully saturated rings. The molecule has 6 amide bonds. The summed E-state index contributed by atoms with van der Waals surface area (Å²) in [5, 5.41) is 0. The van der Waals surface area contributed by atoms with Crippen LogP contribution in [0, 0.1) is 11.3 Å². The summed E-state index contributed by atoms with van der Waals surface area (Å²) in [6.07, 6.45) is -1.46. The van der Waals surface area contributed by atoms with Crippen LogP contribution >= 0.6 is 0 Å². The van der Waals surface area contributed by atoms with Crippen LogP contribution in [0.3, 0.4) is 0 Å². The monoisotopic (exact) mass is 771 g/mol. The number of rotatable bonds is 3. The Labute approximate surface area is 316 Å². The number of likely N-dealkylation sites (tertiary alicyclic amines) is 3. The van der Waals surface area contributed by atoms with Crippen LogP contribution in [0.1, 0.15) is 109 Å². The van der Waals surface area contributed by atoms with Crippen molar-refractivity contribution in [1.82, 2.24) is 14.7 Å². The highest BCUT2D eigenvalue weighted by Crippen LogP contribution is 2.37. The third kappa shape index (κ3) is 13.0. The van der Waals surface area contributed by atoms with Crippen LogP contribution in [-0.2, 0) is 57.2 Å². The summed E-state index contributed by atoms with van der Waals surface area (Å²) in [6.45, 7) is 20.3. The Hall–Kier alpha value is -4.77. The summed E-state index contributed by atoms with van der Waals surface area (Å²) >= 11 is 0. The van der Waals surface area contributed by atoms with Crippen LogP contribution in [0.2, 0.25) is 0 Å². The van der Waals surface area contributed by atoms with Gasteiger partial charge in [-0.15, -0.1) is 0 Å². The second-order valence-electron chi connectivity index (χ2n) is 16.5. The van der Waals surface area contributed by atoms with Gasteiger partial charge in [-0.1, -0.05) is 20.8 Å². The second kappa shape index (κ2) is 18.0. The molecular weight excluding hydrogens is 714 g/mol. The molecule has 0 N–H and O–H groups in total. The van der Waals surface area contributed by atoms with Gasteiger partial charge in [0.15, 0.2) is 0 Å². The number of ether oxygens (including phenoxy) is 6. The molecule has 18 heteroatoms. The molecule has 0 aromatic rings. The van der Waals surface area contributed by atoms with E-state index in [0.717, 1.165) is 14.7 Å². The van der Waals surface area contributed by atoms with E-state index in [0.29, 0.717) is 0 Å². The van der Waals surface area contributed by atoms with Crippen LogP contribution in [-0.4, -0.2) is 125 Å². The first kappa shape index (κ1) is 47.3. The standard InChI is InChI=1S/C13H21NO5.C12H19NO5.C11H17NO5/c1-12(2,3)19-11(17)14-8(9(15)18-6)7-13(4,5)10(14)16;1-7-6-8(10(15)17-5)13(9(7)14)11(16)18-12(2,3)4;1-11(2,3)17-10(15)12-7(9(14)16-4)5-6-8(12)13/h8H,7H2,1-6H3;7-8H,6H2,1-5H3;7H,5-6H2,1-4H3/t8-;7?,8-;7-/m000/s1. The lowest BCUT2D eigenvalue weighted by Crippen LogP contribution is -2.46. The summed E-state index contributed by atoms with van der Waals surface area (Å²) in [5.74, 6) is -3.42. The molecule has 306 valence electrons. The van der Waals surface area contributed by atoms with Crippen LogP contribution in [0.15, 0.2) is 0 Å². The first-order chi connectivity index (χ1) is 24.4. The Morgan fingerprint density at radius 1 is 0.593 bits per heavy atom. The Morgan fingerprint density at radius 2 is 0.963 bits per heavy atom. The van der Waals surface area contributed by atoms with Crippen molar-refractivity contribution in [2.24, 2.45) is 11.3 Å². The summed E-state index contributed by atoms with van der Waals surface area (Å²) in [4.78, 5) is 109. The van der Waals surface area contributed by atoms with Gasteiger partial charge in [0.1, 0.15) is 34.9 Å². The molecule has 3 aliphatic heterocycles. The van der Waals surface area contributed by atoms with Crippen molar-refractivity contribution in [2.45, 2.75) is 144 Å². The molecule has 4 atom stereocenters. The predicted molar refractivity (Wildman–Crippen MR) is 188 cm³/mol. The van der Waals surface area contributed by atoms with Crippen LogP contribution in [0.25, 0.3) is 0 Å². The number of nitrogens with zero attached hydrogens (tertiary/aromatic N) is 3. The van der Waals surface area contributed by atoms with E-state index in [4.69, 9.17) is 14.2 Å². The lowest BCUT2D eigenvalue weighted by atomic mass is 9.90. The fraction of sp³-hybridized carbons (Fsp3) is 0.750. The SMILES string of the molecule is COC(=O)[C@@H]1CC(C)(C)C(=O)N1C(=O)OC(C)(C)C.COC(=O)[C@@H]1CC(C)C(=O)N1C(=O)OC(C)(C)C.COC(=O)[C@@H]1CCC(=O)N1C(=O)OC(C)(C)C. The average molecular weight is 772 g/mol. The minimum Gasteiger partial charge on any atom is -0.467 e. The quantitative estimate of drug-likeness (QED) is 0.291. The van der Waals surface area contributed by atoms with Gasteiger partial charge in [-0.25, -0.2) is 43.5 Å². The molecule has 0 aliphatic carbocycles. The number of esters is 3. The van der Waals surface area contributed by atoms with Gasteiger partial charge in [0.05, 0.1) is 21.3 Å². The van der Waals surface area contributed by atoms with Crippen LogP contribution in [0.4, 0.5) is 14.4 Å². The maximum absolute atomic E-state index is 12.2. The minimum absolute atomic E-state index is 0.152. The number of imide groups is 3. The maximum atomic E-state index is 12.2. The van der Waals surface area contributed by atoms with Gasteiger partial charge in [0, 0.05) is 17.8 Å². The van der Waals surface area contributed by atoms with Crippen LogP contribution in [0.5, 0.6) is 0 Å². The van der Waals surface area contributed by atoms with Gasteiger partial charge in [0.25, 0.3) is 0 Å². The summed E-state index contributed by atoms with van der Waals surface area (Å²) < 4.78 is 29.2. The third-order valence-electron chi connectivity index (χ3n) is 7.76. The zero-order valence-corrected chi connectivity index (χ0v) is 34.1. The van der Waals surface area contributed by atoms with E-state index < -0.39 is 94.3 Å². The van der Waals surface area contributed by atoms with Gasteiger partial charge in [-0.2, -0.15) is 0 Å². The minimum atomic E-state index is -0.914. The van der Waals surface area contributed by atoms with E-state index in [1.54, 1.807) is 83.1 Å². The maximum Gasteiger partial charge on any atom is 0.417 e. The van der Waals surface area contributed by atoms with Crippen molar-refractivity contribution in [2.75, 3.05) is 21.3 Å². The Kier molecular flexibility index (Phi) is 15.8. The Bertz CT molecular complexity index is 1470. The van der Waals surface area contributed by atoms with E-state index in [1.165, 1.54) is 21.3 Å². The van der Waals surface area contributed by atoms with Gasteiger partial charge < -0.3 is 28.4 Å². The zero-order chi connectivity index (χ0) is 42.3. The number of hydrogen-bond donors (Lipinski definition) is 0. The number of carbonyl (C=O) groups is 9. The molecule has 3 heterocycles. The summed E-state index contributed by atoms with van der Waals surface area (Å²) in [5.41, 5.74) is -2.94. The fourth-order valence-corrected chi connectivity index (χ4v) is 5.36. The van der Waals surface area contributed by atoms with Gasteiger partial charge in [-0.05, 0) is 81.6 Å². The van der Waals surface area contributed by atoms with Crippen LogP contribution < -0.4 is 0 Å². The van der Waals surface area contributed by atoms with E-state index >= 15 is 0 Å². The van der Waals surface area contributed by atoms with Gasteiger partial charge >= 0.3 is 36.2 Å². The highest BCUT2D eigenvalue weighted by Gasteiger charge is 2.53. The molecule has 54 heavy (non-hydrogen) atoms. The van der Waals surface area contributed by atoms with Crippen molar-refractivity contribution in [1.29, 1.82) is 0 Å². The average Bonchev–Trinajstić information content (AvgIpc) is 3.63. The van der Waals surface area contributed by atoms with E-state index in [1.807, 2.05) is 0 Å². The van der Waals surface area contributed by atoms with Gasteiger partial charge in [0.2, 0.25) is 17.7 Å². The Morgan fingerprint density at radius 3 is 1.37 bits per heavy atom. The lowest BCUT2D eigenvalue weighted by Gasteiger charge is -2.26. The highest BCUT2D eigenvalue weighted by molar-refractivity contribution is 6.02. The van der Waals surface area contributed by atoms with Gasteiger partial charge in [-0.3, -0.25) is 14.4 Å². The molecule has 3 rings (SSSR count). The third-order valence-corrected chi connectivity index (χ3v) is 7.76. The summed E-state index contributed by atoms with van der Waals surface area (Å²) in [7, 11) is 3.67. The van der Waals surface area contributed by atoms with Crippen molar-refractivity contribution in [3.63, 3.8) is 0 Å². The van der Waals surface area contributed by atoms with Crippen molar-refractivity contribution in [3.8, 4) is 0 Å². The first-order valence-corrected chi connectivity index (χ1v) is 17.3. The number of methoxy groups -OCH3 is 3. The Balaban J connectivity index is 0.000000406. The molecule has 3 aliphatic rings. The highest BCUT2D eigenvalue weighted by atomic mass is 16.6. The van der Waals surface area contributed by atoms with E-state index in [9.17, 15) is 43.2 Å². The van der Waals surface area contributed by atoms with E-state index in [-0.39, 0.29) is 31.6 Å². The van der Waals surface area contributed by atoms with Crippen molar-refractivity contribution in [3.05, 3.63) is 0 Å². The van der Waals surface area contributed by atoms with Crippen molar-refractivity contribution < 1.29 is 71.6 Å². The molecule has 0 bridgehead atoms. The molecule has 0 saturated carbocycles. The molecule has 3 saturated heterocycles. The van der Waals surface area contributed by atoms with E-state index in [2.05, 4.69) is 14.2 Å². The predicted octanol–water partition coefficient (Wildman–Crippen LogP) is 4.14. The number of carbonyl (C=O) groups excluding carboxylic acids is 9. The zero-order valence-electron chi connectivity index (χ0n) is 34.1. The molecule has 18 nitrogen and oxygen atoms in total. The molecule has 1 unspecified atom stereocenters. The van der Waals surface area contributed by atoms with Crippen molar-refractivity contribution >= 4 is 53.9 Å². The number of amides is 6. The largest absolute Gasteiger partial charge is 0.467 e. The molecule has 0 spiro atoms. The first-order valence-electron chi connectivity index (χ1n) is 17.3. The summed E-state index contributed by atoms with van der Waals surface area (Å²) in [6, 6.07) is -2.66. The lowest BCUT2D eigenvalue weighted by molar-refractivity contribution is -0.149. The topological polar surface area (TPSA) is 219 Å². The fourth-order valence-electron chi connectivity index (χ4n) is 5.36. The molecular formula is C36H57N3O15.